The number of ether oxygens (including phenoxy) is 3. The molecule has 158 valence electrons. The minimum absolute atomic E-state index is 0.164. The number of rotatable bonds is 8. The average Bonchev–Trinajstić information content (AvgIpc) is 2.71. The largest absolute Gasteiger partial charge is 0.493 e. The zero-order valence-electron chi connectivity index (χ0n) is 17.7. The summed E-state index contributed by atoms with van der Waals surface area (Å²) in [6.07, 6.45) is 0. The Morgan fingerprint density at radius 3 is 2.00 bits per heavy atom. The molecule has 2 aromatic rings. The molecule has 0 saturated heterocycles. The van der Waals surface area contributed by atoms with Gasteiger partial charge in [-0.15, -0.1) is 0 Å². The molecule has 0 saturated carbocycles. The smallest absolute Gasteiger partial charge is 0.315 e. The van der Waals surface area contributed by atoms with Gasteiger partial charge in [0.25, 0.3) is 0 Å². The van der Waals surface area contributed by atoms with Gasteiger partial charge in [0.05, 0.1) is 33.4 Å². The van der Waals surface area contributed by atoms with E-state index in [-0.39, 0.29) is 24.0 Å². The summed E-state index contributed by atoms with van der Waals surface area (Å²) in [5, 5.41) is 6.63. The molecule has 2 amide bonds. The summed E-state index contributed by atoms with van der Waals surface area (Å²) in [6.45, 7) is 5.97. The molecule has 2 unspecified atom stereocenters. The van der Waals surface area contributed by atoms with E-state index in [1.165, 1.54) is 0 Å². The molecule has 6 nitrogen and oxygen atoms in total. The SMILES string of the molecule is COc1cc(C(C)NC(=O)NC(c2ccccc2Cl)C(C)C)cc(OC)c1OC. The molecule has 0 radical (unpaired) electrons. The highest BCUT2D eigenvalue weighted by Gasteiger charge is 2.22. The molecular formula is C22H29ClN2O4. The molecule has 0 aromatic heterocycles. The lowest BCUT2D eigenvalue weighted by Gasteiger charge is -2.25. The zero-order valence-corrected chi connectivity index (χ0v) is 18.5. The fraction of sp³-hybridized carbons (Fsp3) is 0.409. The molecule has 0 heterocycles. The van der Waals surface area contributed by atoms with Gasteiger partial charge in [0, 0.05) is 5.02 Å². The first-order valence-electron chi connectivity index (χ1n) is 9.43. The molecule has 0 aliphatic rings. The summed E-state index contributed by atoms with van der Waals surface area (Å²) in [7, 11) is 4.67. The fourth-order valence-electron chi connectivity index (χ4n) is 3.15. The van der Waals surface area contributed by atoms with Gasteiger partial charge < -0.3 is 24.8 Å². The van der Waals surface area contributed by atoms with E-state index in [4.69, 9.17) is 25.8 Å². The van der Waals surface area contributed by atoms with Crippen molar-refractivity contribution in [2.45, 2.75) is 32.9 Å². The third-order valence-electron chi connectivity index (χ3n) is 4.73. The van der Waals surface area contributed by atoms with Gasteiger partial charge >= 0.3 is 6.03 Å². The number of nitrogens with one attached hydrogen (secondary N) is 2. The number of amides is 2. The van der Waals surface area contributed by atoms with Crippen LogP contribution in [0.5, 0.6) is 17.2 Å². The number of methoxy groups -OCH3 is 3. The van der Waals surface area contributed by atoms with E-state index in [1.807, 2.05) is 57.2 Å². The Bertz CT molecular complexity index is 816. The Morgan fingerprint density at radius 1 is 0.931 bits per heavy atom. The van der Waals surface area contributed by atoms with Crippen molar-refractivity contribution in [1.29, 1.82) is 0 Å². The number of benzene rings is 2. The third-order valence-corrected chi connectivity index (χ3v) is 5.07. The molecule has 0 bridgehead atoms. The first kappa shape index (κ1) is 22.7. The van der Waals surface area contributed by atoms with E-state index in [0.29, 0.717) is 22.3 Å². The topological polar surface area (TPSA) is 68.8 Å². The summed E-state index contributed by atoms with van der Waals surface area (Å²) in [4.78, 5) is 12.7. The molecule has 2 aromatic carbocycles. The monoisotopic (exact) mass is 420 g/mol. The number of halogens is 1. The van der Waals surface area contributed by atoms with E-state index in [9.17, 15) is 4.79 Å². The summed E-state index contributed by atoms with van der Waals surface area (Å²) >= 11 is 6.33. The van der Waals surface area contributed by atoms with Crippen LogP contribution in [0.15, 0.2) is 36.4 Å². The Balaban J connectivity index is 2.18. The Morgan fingerprint density at radius 2 is 1.52 bits per heavy atom. The summed E-state index contributed by atoms with van der Waals surface area (Å²) < 4.78 is 16.1. The first-order chi connectivity index (χ1) is 13.8. The Labute approximate surface area is 177 Å². The predicted octanol–water partition coefficient (Wildman–Crippen LogP) is 5.12. The third kappa shape index (κ3) is 5.48. The van der Waals surface area contributed by atoms with Crippen molar-refractivity contribution in [3.05, 3.63) is 52.5 Å². The molecule has 0 fully saturated rings. The number of carbonyl (C=O) groups excluding carboxylic acids is 1. The summed E-state index contributed by atoms with van der Waals surface area (Å²) in [6, 6.07) is 10.4. The lowest BCUT2D eigenvalue weighted by atomic mass is 9.96. The summed E-state index contributed by atoms with van der Waals surface area (Å²) in [5.74, 6) is 1.74. The van der Waals surface area contributed by atoms with Crippen molar-refractivity contribution >= 4 is 17.6 Å². The van der Waals surface area contributed by atoms with Crippen LogP contribution in [-0.4, -0.2) is 27.4 Å². The van der Waals surface area contributed by atoms with Gasteiger partial charge in [-0.1, -0.05) is 43.6 Å². The summed E-state index contributed by atoms with van der Waals surface area (Å²) in [5.41, 5.74) is 1.72. The normalized spacial score (nSPS) is 12.8. The van der Waals surface area contributed by atoms with E-state index >= 15 is 0 Å². The fourth-order valence-corrected chi connectivity index (χ4v) is 3.40. The highest BCUT2D eigenvalue weighted by Crippen LogP contribution is 2.39. The second-order valence-electron chi connectivity index (χ2n) is 7.04. The van der Waals surface area contributed by atoms with E-state index in [0.717, 1.165) is 11.1 Å². The maximum Gasteiger partial charge on any atom is 0.315 e. The van der Waals surface area contributed by atoms with Gasteiger partial charge in [0.1, 0.15) is 0 Å². The molecule has 29 heavy (non-hydrogen) atoms. The van der Waals surface area contributed by atoms with Crippen molar-refractivity contribution in [2.75, 3.05) is 21.3 Å². The van der Waals surface area contributed by atoms with Gasteiger partial charge in [-0.2, -0.15) is 0 Å². The molecule has 0 aliphatic carbocycles. The Hall–Kier alpha value is -2.60. The maximum atomic E-state index is 12.7. The molecule has 2 N–H and O–H groups in total. The number of hydrogen-bond donors (Lipinski definition) is 2. The van der Waals surface area contributed by atoms with Crippen molar-refractivity contribution in [3.63, 3.8) is 0 Å². The van der Waals surface area contributed by atoms with Crippen LogP contribution in [0.3, 0.4) is 0 Å². The molecule has 2 atom stereocenters. The minimum Gasteiger partial charge on any atom is -0.493 e. The molecule has 0 spiro atoms. The van der Waals surface area contributed by atoms with Gasteiger partial charge in [-0.3, -0.25) is 0 Å². The van der Waals surface area contributed by atoms with Crippen LogP contribution < -0.4 is 24.8 Å². The average molecular weight is 421 g/mol. The van der Waals surface area contributed by atoms with Crippen LogP contribution in [0.2, 0.25) is 5.02 Å². The molecule has 0 aliphatic heterocycles. The number of hydrogen-bond acceptors (Lipinski definition) is 4. The minimum atomic E-state index is -0.289. The first-order valence-corrected chi connectivity index (χ1v) is 9.81. The lowest BCUT2D eigenvalue weighted by Crippen LogP contribution is -2.40. The quantitative estimate of drug-likeness (QED) is 0.621. The predicted molar refractivity (Wildman–Crippen MR) is 115 cm³/mol. The second-order valence-corrected chi connectivity index (χ2v) is 7.45. The maximum absolute atomic E-state index is 12.7. The number of carbonyl (C=O) groups is 1. The van der Waals surface area contributed by atoms with E-state index in [2.05, 4.69) is 10.6 Å². The van der Waals surface area contributed by atoms with Gasteiger partial charge in [-0.05, 0) is 42.2 Å². The van der Waals surface area contributed by atoms with Crippen molar-refractivity contribution in [1.82, 2.24) is 10.6 Å². The van der Waals surface area contributed by atoms with Crippen molar-refractivity contribution in [3.8, 4) is 17.2 Å². The van der Waals surface area contributed by atoms with Gasteiger partial charge in [0.15, 0.2) is 11.5 Å². The standard InChI is InChI=1S/C22H29ClN2O4/c1-13(2)20(16-9-7-8-10-17(16)23)25-22(26)24-14(3)15-11-18(27-4)21(29-6)19(12-15)28-5/h7-14,20H,1-6H3,(H2,24,25,26). The van der Waals surface area contributed by atoms with Crippen LogP contribution in [0.25, 0.3) is 0 Å². The van der Waals surface area contributed by atoms with Gasteiger partial charge in [-0.25, -0.2) is 4.79 Å². The highest BCUT2D eigenvalue weighted by atomic mass is 35.5. The van der Waals surface area contributed by atoms with Crippen LogP contribution >= 0.6 is 11.6 Å². The van der Waals surface area contributed by atoms with E-state index < -0.39 is 0 Å². The van der Waals surface area contributed by atoms with Crippen molar-refractivity contribution in [2.24, 2.45) is 5.92 Å². The molecule has 2 rings (SSSR count). The molecule has 7 heteroatoms. The Kier molecular flexibility index (Phi) is 8.02. The van der Waals surface area contributed by atoms with Crippen LogP contribution in [0, 0.1) is 5.92 Å². The molecular weight excluding hydrogens is 392 g/mol. The van der Waals surface area contributed by atoms with Gasteiger partial charge in [0.2, 0.25) is 5.75 Å². The van der Waals surface area contributed by atoms with Crippen LogP contribution in [0.1, 0.15) is 44.0 Å². The van der Waals surface area contributed by atoms with E-state index in [1.54, 1.807) is 21.3 Å². The lowest BCUT2D eigenvalue weighted by molar-refractivity contribution is 0.230. The number of urea groups is 1. The van der Waals surface area contributed by atoms with Crippen LogP contribution in [0.4, 0.5) is 4.79 Å². The van der Waals surface area contributed by atoms with Crippen LogP contribution in [-0.2, 0) is 0 Å². The highest BCUT2D eigenvalue weighted by molar-refractivity contribution is 6.31. The second kappa shape index (κ2) is 10.3. The zero-order chi connectivity index (χ0) is 21.6. The van der Waals surface area contributed by atoms with Crippen molar-refractivity contribution < 1.29 is 19.0 Å².